The normalized spacial score (nSPS) is 16.2. The van der Waals surface area contributed by atoms with Crippen molar-refractivity contribution in [1.29, 1.82) is 5.26 Å². The maximum Gasteiger partial charge on any atom is 0.326 e. The molecule has 0 aliphatic heterocycles. The number of nitrogens with one attached hydrogen (secondary N) is 1. The summed E-state index contributed by atoms with van der Waals surface area (Å²) in [5, 5.41) is 21.3. The van der Waals surface area contributed by atoms with Crippen molar-refractivity contribution in [2.24, 2.45) is 17.6 Å². The first kappa shape index (κ1) is 34.8. The molecule has 0 saturated heterocycles. The van der Waals surface area contributed by atoms with Crippen LogP contribution in [0.25, 0.3) is 0 Å². The van der Waals surface area contributed by atoms with E-state index in [9.17, 15) is 19.5 Å². The zero-order valence-electron chi connectivity index (χ0n) is 24.2. The summed E-state index contributed by atoms with van der Waals surface area (Å²) in [6.07, 6.45) is 3.53. The van der Waals surface area contributed by atoms with Gasteiger partial charge in [0.1, 0.15) is 18.4 Å². The predicted octanol–water partition coefficient (Wildman–Crippen LogP) is 4.91. The Hall–Kier alpha value is -4.39. The molecule has 43 heavy (non-hydrogen) atoms. The summed E-state index contributed by atoms with van der Waals surface area (Å²) >= 11 is 0. The summed E-state index contributed by atoms with van der Waals surface area (Å²) in [6.45, 7) is 2.50. The number of amides is 1. The van der Waals surface area contributed by atoms with Crippen molar-refractivity contribution < 1.29 is 24.2 Å². The molecule has 0 aromatic heterocycles. The second kappa shape index (κ2) is 17.5. The summed E-state index contributed by atoms with van der Waals surface area (Å²) in [5.74, 6) is -0.205. The number of Topliss-reactive ketones (excluding diaryl/α,β-unsaturated/α-hetero) is 1. The van der Waals surface area contributed by atoms with Crippen molar-refractivity contribution in [2.75, 3.05) is 12.3 Å². The second-order valence-corrected chi connectivity index (χ2v) is 10.5. The van der Waals surface area contributed by atoms with E-state index in [1.807, 2.05) is 12.1 Å². The third-order valence-electron chi connectivity index (χ3n) is 7.31. The summed E-state index contributed by atoms with van der Waals surface area (Å²) < 4.78 is 5.76. The van der Waals surface area contributed by atoms with Gasteiger partial charge in [-0.3, -0.25) is 9.59 Å². The molecule has 1 amide bonds. The minimum atomic E-state index is -1.05. The number of carbonyl (C=O) groups excluding carboxylic acids is 2. The highest BCUT2D eigenvalue weighted by molar-refractivity contribution is 5.94. The third kappa shape index (κ3) is 11.4. The van der Waals surface area contributed by atoms with Gasteiger partial charge in [-0.2, -0.15) is 5.26 Å². The molecule has 0 bridgehead atoms. The van der Waals surface area contributed by atoms with Gasteiger partial charge >= 0.3 is 5.97 Å². The summed E-state index contributed by atoms with van der Waals surface area (Å²) in [5.41, 5.74) is 14.8. The first-order chi connectivity index (χ1) is 20.2. The van der Waals surface area contributed by atoms with Crippen LogP contribution in [0, 0.1) is 23.2 Å². The Balaban J connectivity index is 0.000000498. The number of ketones is 1. The molecule has 0 heterocycles. The molecule has 0 radical (unpaired) electrons. The van der Waals surface area contributed by atoms with Crippen molar-refractivity contribution >= 4 is 35.8 Å². The van der Waals surface area contributed by atoms with Crippen LogP contribution in [-0.2, 0) is 22.6 Å². The fraction of sp³-hybridized carbons (Fsp3) is 0.333. The predicted molar refractivity (Wildman–Crippen MR) is 168 cm³/mol. The first-order valence-corrected chi connectivity index (χ1v) is 14.0. The number of nitriles is 1. The average molecular weight is 607 g/mol. The van der Waals surface area contributed by atoms with E-state index in [0.29, 0.717) is 41.6 Å². The Kier molecular flexibility index (Phi) is 14.2. The van der Waals surface area contributed by atoms with Crippen molar-refractivity contribution in [3.05, 3.63) is 95.1 Å². The number of carbonyl (C=O) groups is 3. The molecule has 10 heteroatoms. The Morgan fingerprint density at radius 3 is 2.21 bits per heavy atom. The van der Waals surface area contributed by atoms with Gasteiger partial charge < -0.3 is 26.6 Å². The quantitative estimate of drug-likeness (QED) is 0.186. The summed E-state index contributed by atoms with van der Waals surface area (Å²) in [6, 6.07) is 22.4. The Bertz CT molecular complexity index is 1380. The largest absolute Gasteiger partial charge is 0.489 e. The number of nitrogens with zero attached hydrogens (tertiary/aromatic N) is 1. The lowest BCUT2D eigenvalue weighted by molar-refractivity contribution is -0.142. The fourth-order valence-electron chi connectivity index (χ4n) is 4.72. The van der Waals surface area contributed by atoms with E-state index in [0.717, 1.165) is 36.8 Å². The lowest BCUT2D eigenvalue weighted by atomic mass is 9.81. The van der Waals surface area contributed by atoms with Crippen LogP contribution in [0.5, 0.6) is 5.75 Å². The SMILES string of the molecule is CC(=O)c1ccc(N)cc1.Cl.N#Cc1cccc(COc2ccc(C[C@H](NC(=O)[C@H]3CC[C@H](CN)CC3)C(=O)O)cc2)c1. The fourth-order valence-corrected chi connectivity index (χ4v) is 4.72. The van der Waals surface area contributed by atoms with Gasteiger partial charge in [-0.05, 0) is 105 Å². The lowest BCUT2D eigenvalue weighted by Crippen LogP contribution is -2.45. The Morgan fingerprint density at radius 2 is 1.65 bits per heavy atom. The van der Waals surface area contributed by atoms with E-state index >= 15 is 0 Å². The van der Waals surface area contributed by atoms with Crippen molar-refractivity contribution in [3.8, 4) is 11.8 Å². The number of rotatable bonds is 10. The van der Waals surface area contributed by atoms with E-state index < -0.39 is 12.0 Å². The number of nitrogens with two attached hydrogens (primary N) is 2. The molecule has 9 nitrogen and oxygen atoms in total. The van der Waals surface area contributed by atoms with Crippen molar-refractivity contribution in [3.63, 3.8) is 0 Å². The summed E-state index contributed by atoms with van der Waals surface area (Å²) in [7, 11) is 0. The highest BCUT2D eigenvalue weighted by atomic mass is 35.5. The van der Waals surface area contributed by atoms with Gasteiger partial charge in [0.2, 0.25) is 5.91 Å². The number of hydrogen-bond donors (Lipinski definition) is 4. The van der Waals surface area contributed by atoms with Crippen molar-refractivity contribution in [2.45, 2.75) is 51.7 Å². The molecule has 1 atom stereocenters. The van der Waals surface area contributed by atoms with Crippen LogP contribution >= 0.6 is 12.4 Å². The molecule has 6 N–H and O–H groups in total. The molecular formula is C33H39ClN4O5. The van der Waals surface area contributed by atoms with Gasteiger partial charge in [0, 0.05) is 23.6 Å². The van der Waals surface area contributed by atoms with Crippen LogP contribution in [0.3, 0.4) is 0 Å². The third-order valence-corrected chi connectivity index (χ3v) is 7.31. The molecule has 1 fully saturated rings. The smallest absolute Gasteiger partial charge is 0.326 e. The second-order valence-electron chi connectivity index (χ2n) is 10.5. The van der Waals surface area contributed by atoms with Crippen LogP contribution in [0.15, 0.2) is 72.8 Å². The number of halogens is 1. The van der Waals surface area contributed by atoms with Crippen LogP contribution < -0.4 is 21.5 Å². The number of ether oxygens (including phenoxy) is 1. The topological polar surface area (TPSA) is 169 Å². The zero-order chi connectivity index (χ0) is 30.5. The minimum absolute atomic E-state index is 0. The number of nitrogen functional groups attached to an aromatic ring is 1. The molecule has 1 aliphatic rings. The van der Waals surface area contributed by atoms with E-state index in [1.165, 1.54) is 6.92 Å². The number of hydrogen-bond acceptors (Lipinski definition) is 7. The highest BCUT2D eigenvalue weighted by Gasteiger charge is 2.29. The molecule has 1 aliphatic carbocycles. The van der Waals surface area contributed by atoms with Gasteiger partial charge in [0.15, 0.2) is 5.78 Å². The lowest BCUT2D eigenvalue weighted by Gasteiger charge is -2.27. The average Bonchev–Trinajstić information content (AvgIpc) is 3.01. The maximum atomic E-state index is 12.6. The van der Waals surface area contributed by atoms with Gasteiger partial charge in [0.05, 0.1) is 11.6 Å². The van der Waals surface area contributed by atoms with E-state index in [4.69, 9.17) is 21.5 Å². The molecule has 3 aromatic rings. The maximum absolute atomic E-state index is 12.6. The monoisotopic (exact) mass is 606 g/mol. The molecule has 228 valence electrons. The molecule has 1 saturated carbocycles. The molecule has 0 unspecified atom stereocenters. The standard InChI is InChI=1S/C25H29N3O4.C8H9NO.ClH/c26-14-18-4-8-21(9-5-18)24(29)28-23(25(30)31)13-17-6-10-22(11-7-17)32-16-20-3-1-2-19(12-20)15-27;1-6(10)7-2-4-8(9)5-3-7;/h1-3,6-7,10-12,18,21,23H,4-5,8-9,13-14,16,26H2,(H,28,29)(H,30,31);2-5H,9H2,1H3;1H/t18-,21-,23-;;/m0../s1. The Morgan fingerprint density at radius 1 is 1.00 bits per heavy atom. The van der Waals surface area contributed by atoms with Crippen molar-refractivity contribution in [1.82, 2.24) is 5.32 Å². The van der Waals surface area contributed by atoms with Gasteiger partial charge in [-0.15, -0.1) is 12.4 Å². The molecular weight excluding hydrogens is 568 g/mol. The number of aliphatic carboxylic acids is 1. The molecule has 4 rings (SSSR count). The summed E-state index contributed by atoms with van der Waals surface area (Å²) in [4.78, 5) is 35.0. The van der Waals surface area contributed by atoms with Crippen LogP contribution in [-0.4, -0.2) is 35.4 Å². The minimum Gasteiger partial charge on any atom is -0.489 e. The molecule has 3 aromatic carbocycles. The van der Waals surface area contributed by atoms with E-state index in [2.05, 4.69) is 11.4 Å². The van der Waals surface area contributed by atoms with Gasteiger partial charge in [-0.1, -0.05) is 24.3 Å². The number of anilines is 1. The van der Waals surface area contributed by atoms with Gasteiger partial charge in [-0.25, -0.2) is 4.79 Å². The van der Waals surface area contributed by atoms with E-state index in [-0.39, 0.29) is 36.4 Å². The number of carboxylic acid groups (broad SMARTS) is 1. The highest BCUT2D eigenvalue weighted by Crippen LogP contribution is 2.28. The van der Waals surface area contributed by atoms with Crippen LogP contribution in [0.4, 0.5) is 5.69 Å². The van der Waals surface area contributed by atoms with Gasteiger partial charge in [0.25, 0.3) is 0 Å². The number of benzene rings is 3. The number of carboxylic acids is 1. The first-order valence-electron chi connectivity index (χ1n) is 14.0. The molecule has 0 spiro atoms. The Labute approximate surface area is 258 Å². The van der Waals surface area contributed by atoms with E-state index in [1.54, 1.807) is 60.7 Å². The zero-order valence-corrected chi connectivity index (χ0v) is 25.0. The van der Waals surface area contributed by atoms with Crippen LogP contribution in [0.1, 0.15) is 59.7 Å². The van der Waals surface area contributed by atoms with Crippen LogP contribution in [0.2, 0.25) is 0 Å².